The number of halogens is 7. The SMILES string of the molecule is Fc1c(Cl)ccc2c1COCC[C@@]21CN2C=C(C(F)(F)F)C=C(OC(F)F)C2=N1. The van der Waals surface area contributed by atoms with E-state index in [1.165, 1.54) is 12.1 Å². The van der Waals surface area contributed by atoms with Crippen molar-refractivity contribution in [2.75, 3.05) is 13.2 Å². The second-order valence-corrected chi connectivity index (χ2v) is 7.16. The summed E-state index contributed by atoms with van der Waals surface area (Å²) < 4.78 is 89.6. The first-order chi connectivity index (χ1) is 13.6. The van der Waals surface area contributed by atoms with Gasteiger partial charge in [-0.3, -0.25) is 4.99 Å². The number of benzene rings is 1. The second kappa shape index (κ2) is 6.94. The average molecular weight is 439 g/mol. The van der Waals surface area contributed by atoms with Crippen LogP contribution in [0.3, 0.4) is 0 Å². The molecule has 4 nitrogen and oxygen atoms in total. The van der Waals surface area contributed by atoms with Crippen LogP contribution in [0.1, 0.15) is 17.5 Å². The van der Waals surface area contributed by atoms with Gasteiger partial charge in [0.25, 0.3) is 0 Å². The van der Waals surface area contributed by atoms with E-state index >= 15 is 0 Å². The molecule has 1 aromatic carbocycles. The molecule has 3 aliphatic rings. The van der Waals surface area contributed by atoms with Crippen LogP contribution in [0.15, 0.2) is 40.7 Å². The first kappa shape index (κ1) is 20.1. The minimum absolute atomic E-state index is 0.0891. The third-order valence-electron chi connectivity index (χ3n) is 4.97. The Morgan fingerprint density at radius 2 is 2.03 bits per heavy atom. The van der Waals surface area contributed by atoms with Crippen molar-refractivity contribution < 1.29 is 35.8 Å². The first-order valence-electron chi connectivity index (χ1n) is 8.48. The molecule has 0 aromatic heterocycles. The lowest BCUT2D eigenvalue weighted by Gasteiger charge is -2.28. The third-order valence-corrected chi connectivity index (χ3v) is 5.26. The van der Waals surface area contributed by atoms with Crippen LogP contribution >= 0.6 is 11.6 Å². The number of fused-ring (bicyclic) bond motifs is 3. The highest BCUT2D eigenvalue weighted by atomic mass is 35.5. The van der Waals surface area contributed by atoms with E-state index in [0.717, 1.165) is 11.1 Å². The van der Waals surface area contributed by atoms with Gasteiger partial charge in [-0.2, -0.15) is 22.0 Å². The molecule has 0 fully saturated rings. The van der Waals surface area contributed by atoms with Gasteiger partial charge in [0.15, 0.2) is 11.6 Å². The van der Waals surface area contributed by atoms with Crippen molar-refractivity contribution in [2.24, 2.45) is 4.99 Å². The smallest absolute Gasteiger partial charge is 0.417 e. The standard InChI is InChI=1S/C18H13ClF6N2O2/c19-12-2-1-11-10(14(12)20)7-28-4-3-17(11)8-27-6-9(18(23,24)25)5-13(15(27)26-17)29-16(21)22/h1-2,5-6,16H,3-4,7-8H2/t17-/m1/s1. The van der Waals surface area contributed by atoms with E-state index in [9.17, 15) is 26.3 Å². The van der Waals surface area contributed by atoms with Gasteiger partial charge in [-0.15, -0.1) is 0 Å². The lowest BCUT2D eigenvalue weighted by Crippen LogP contribution is -2.35. The molecule has 0 unspecified atom stereocenters. The molecule has 3 heterocycles. The highest BCUT2D eigenvalue weighted by Crippen LogP contribution is 2.44. The zero-order chi connectivity index (χ0) is 21.0. The van der Waals surface area contributed by atoms with Gasteiger partial charge < -0.3 is 14.4 Å². The van der Waals surface area contributed by atoms with Gasteiger partial charge in [-0.25, -0.2) is 4.39 Å². The van der Waals surface area contributed by atoms with E-state index in [-0.39, 0.29) is 42.6 Å². The second-order valence-electron chi connectivity index (χ2n) is 6.75. The minimum Gasteiger partial charge on any atom is -0.431 e. The number of ether oxygens (including phenoxy) is 2. The van der Waals surface area contributed by atoms with Crippen LogP contribution in [0.4, 0.5) is 26.3 Å². The molecule has 1 atom stereocenters. The maximum Gasteiger partial charge on any atom is 0.417 e. The Morgan fingerprint density at radius 1 is 1.28 bits per heavy atom. The minimum atomic E-state index is -4.78. The van der Waals surface area contributed by atoms with Crippen LogP contribution in [-0.2, 0) is 21.6 Å². The van der Waals surface area contributed by atoms with E-state index in [0.29, 0.717) is 11.6 Å². The number of hydrogen-bond donors (Lipinski definition) is 0. The lowest BCUT2D eigenvalue weighted by molar-refractivity contribution is -0.0981. The van der Waals surface area contributed by atoms with E-state index in [2.05, 4.69) is 9.73 Å². The van der Waals surface area contributed by atoms with Crippen LogP contribution in [0.2, 0.25) is 5.02 Å². The summed E-state index contributed by atoms with van der Waals surface area (Å²) in [5, 5.41) is -0.131. The Hall–Kier alpha value is -2.20. The van der Waals surface area contributed by atoms with Gasteiger partial charge in [-0.1, -0.05) is 17.7 Å². The van der Waals surface area contributed by atoms with Gasteiger partial charge in [0.1, 0.15) is 11.4 Å². The predicted molar refractivity (Wildman–Crippen MR) is 90.8 cm³/mol. The summed E-state index contributed by atoms with van der Waals surface area (Å²) in [6.45, 7) is -3.41. The number of amidine groups is 1. The molecule has 0 aliphatic carbocycles. The molecule has 0 N–H and O–H groups in total. The van der Waals surface area contributed by atoms with E-state index < -0.39 is 35.5 Å². The molecular formula is C18H13ClF6N2O2. The van der Waals surface area contributed by atoms with E-state index in [1.807, 2.05) is 0 Å². The first-order valence-corrected chi connectivity index (χ1v) is 8.86. The number of hydrogen-bond acceptors (Lipinski definition) is 4. The maximum atomic E-state index is 14.6. The van der Waals surface area contributed by atoms with Crippen LogP contribution in [0.5, 0.6) is 0 Å². The zero-order valence-corrected chi connectivity index (χ0v) is 15.3. The molecule has 11 heteroatoms. The van der Waals surface area contributed by atoms with Crippen molar-refractivity contribution in [2.45, 2.75) is 31.4 Å². The lowest BCUT2D eigenvalue weighted by atomic mass is 9.85. The van der Waals surface area contributed by atoms with Crippen LogP contribution in [-0.4, -0.2) is 36.7 Å². The van der Waals surface area contributed by atoms with Crippen molar-refractivity contribution in [3.05, 3.63) is 57.7 Å². The summed E-state index contributed by atoms with van der Waals surface area (Å²) >= 11 is 5.84. The Bertz CT molecular complexity index is 943. The largest absolute Gasteiger partial charge is 0.431 e. The van der Waals surface area contributed by atoms with Gasteiger partial charge in [-0.05, 0) is 17.7 Å². The Balaban J connectivity index is 1.84. The number of aliphatic imine (C=N–C) groups is 1. The summed E-state index contributed by atoms with van der Waals surface area (Å²) in [4.78, 5) is 5.54. The highest BCUT2D eigenvalue weighted by molar-refractivity contribution is 6.30. The van der Waals surface area contributed by atoms with Gasteiger partial charge in [0, 0.05) is 24.8 Å². The van der Waals surface area contributed by atoms with Crippen LogP contribution < -0.4 is 0 Å². The number of rotatable bonds is 2. The van der Waals surface area contributed by atoms with E-state index in [1.54, 1.807) is 0 Å². The molecular weight excluding hydrogens is 426 g/mol. The molecule has 0 amide bonds. The van der Waals surface area contributed by atoms with Gasteiger partial charge >= 0.3 is 12.8 Å². The molecule has 1 aromatic rings. The molecule has 156 valence electrons. The van der Waals surface area contributed by atoms with E-state index in [4.69, 9.17) is 16.3 Å². The summed E-state index contributed by atoms with van der Waals surface area (Å²) in [5.41, 5.74) is -1.83. The monoisotopic (exact) mass is 438 g/mol. The number of alkyl halides is 5. The van der Waals surface area contributed by atoms with Crippen molar-refractivity contribution in [3.63, 3.8) is 0 Å². The number of allylic oxidation sites excluding steroid dienone is 2. The molecule has 3 aliphatic heterocycles. The quantitative estimate of drug-likeness (QED) is 0.616. The van der Waals surface area contributed by atoms with Crippen molar-refractivity contribution in [3.8, 4) is 0 Å². The fourth-order valence-electron chi connectivity index (χ4n) is 3.71. The highest BCUT2D eigenvalue weighted by Gasteiger charge is 2.47. The summed E-state index contributed by atoms with van der Waals surface area (Å²) in [6, 6.07) is 2.85. The molecule has 1 spiro atoms. The zero-order valence-electron chi connectivity index (χ0n) is 14.6. The summed E-state index contributed by atoms with van der Waals surface area (Å²) in [5.74, 6) is -1.59. The van der Waals surface area contributed by atoms with Crippen molar-refractivity contribution >= 4 is 17.4 Å². The van der Waals surface area contributed by atoms with Crippen LogP contribution in [0, 0.1) is 5.82 Å². The number of nitrogens with zero attached hydrogens (tertiary/aromatic N) is 2. The van der Waals surface area contributed by atoms with Gasteiger partial charge in [0.05, 0.1) is 23.7 Å². The van der Waals surface area contributed by atoms with Crippen LogP contribution in [0.25, 0.3) is 0 Å². The molecule has 0 radical (unpaired) electrons. The molecule has 0 bridgehead atoms. The average Bonchev–Trinajstić information content (AvgIpc) is 2.90. The Kier molecular flexibility index (Phi) is 4.81. The van der Waals surface area contributed by atoms with Gasteiger partial charge in [0.2, 0.25) is 0 Å². The predicted octanol–water partition coefficient (Wildman–Crippen LogP) is 4.89. The summed E-state index contributed by atoms with van der Waals surface area (Å²) in [6.07, 6.45) is -3.30. The molecule has 4 rings (SSSR count). The topological polar surface area (TPSA) is 34.1 Å². The molecule has 0 saturated heterocycles. The maximum absolute atomic E-state index is 14.6. The fraction of sp³-hybridized carbons (Fsp3) is 0.389. The molecule has 0 saturated carbocycles. The fourth-order valence-corrected chi connectivity index (χ4v) is 3.89. The Morgan fingerprint density at radius 3 is 2.72 bits per heavy atom. The van der Waals surface area contributed by atoms with Crippen molar-refractivity contribution in [1.82, 2.24) is 4.90 Å². The van der Waals surface area contributed by atoms with Crippen molar-refractivity contribution in [1.29, 1.82) is 0 Å². The third kappa shape index (κ3) is 3.48. The Labute approximate surface area is 166 Å². The normalized spacial score (nSPS) is 24.0. The summed E-state index contributed by atoms with van der Waals surface area (Å²) in [7, 11) is 0. The molecule has 29 heavy (non-hydrogen) atoms.